The standard InChI is InChI=1S/C5H9BN2OS/c6-4-3-2(1-10-4)7-5(9)8-3/h2-4H,1,6H2,(H2,7,8,9)/t2-,3-,4+/m0/s1. The number of thioether (sulfide) groups is 1. The van der Waals surface area contributed by atoms with Crippen LogP contribution in [-0.2, 0) is 0 Å². The molecule has 0 saturated carbocycles. The van der Waals surface area contributed by atoms with E-state index in [1.165, 1.54) is 0 Å². The summed E-state index contributed by atoms with van der Waals surface area (Å²) in [5.41, 5.74) is 0. The predicted octanol–water partition coefficient (Wildman–Crippen LogP) is -1.26. The van der Waals surface area contributed by atoms with Crippen LogP contribution < -0.4 is 10.6 Å². The minimum atomic E-state index is 0.00199. The third-order valence-corrected chi connectivity index (χ3v) is 3.46. The molecule has 3 atom stereocenters. The van der Waals surface area contributed by atoms with Gasteiger partial charge in [0.15, 0.2) is 0 Å². The first-order valence-corrected chi connectivity index (χ1v) is 4.51. The van der Waals surface area contributed by atoms with Gasteiger partial charge in [0, 0.05) is 5.75 Å². The average molecular weight is 156 g/mol. The number of urea groups is 1. The van der Waals surface area contributed by atoms with Crippen LogP contribution in [0.3, 0.4) is 0 Å². The number of hydrogen-bond donors (Lipinski definition) is 2. The first-order chi connectivity index (χ1) is 4.77. The summed E-state index contributed by atoms with van der Waals surface area (Å²) in [5.74, 6) is 1.06. The minimum Gasteiger partial charge on any atom is -0.333 e. The molecule has 2 aliphatic heterocycles. The van der Waals surface area contributed by atoms with Crippen LogP contribution in [0.25, 0.3) is 0 Å². The molecule has 0 aromatic carbocycles. The van der Waals surface area contributed by atoms with E-state index in [9.17, 15) is 4.79 Å². The van der Waals surface area contributed by atoms with Gasteiger partial charge in [0.05, 0.1) is 12.1 Å². The second-order valence-electron chi connectivity index (χ2n) is 2.79. The molecule has 0 radical (unpaired) electrons. The molecule has 10 heavy (non-hydrogen) atoms. The van der Waals surface area contributed by atoms with Gasteiger partial charge in [-0.2, -0.15) is 11.8 Å². The van der Waals surface area contributed by atoms with Crippen LogP contribution in [0.1, 0.15) is 0 Å². The monoisotopic (exact) mass is 156 g/mol. The second-order valence-corrected chi connectivity index (χ2v) is 4.20. The first kappa shape index (κ1) is 6.40. The smallest absolute Gasteiger partial charge is 0.315 e. The number of fused-ring (bicyclic) bond motifs is 1. The summed E-state index contributed by atoms with van der Waals surface area (Å²) in [6.07, 6.45) is 0. The average Bonchev–Trinajstić information content (AvgIpc) is 2.35. The summed E-state index contributed by atoms with van der Waals surface area (Å²) in [7, 11) is 2.16. The second kappa shape index (κ2) is 2.08. The van der Waals surface area contributed by atoms with Crippen molar-refractivity contribution in [2.75, 3.05) is 5.75 Å². The largest absolute Gasteiger partial charge is 0.333 e. The van der Waals surface area contributed by atoms with E-state index in [4.69, 9.17) is 0 Å². The normalized spacial score (nSPS) is 44.4. The number of amides is 2. The third kappa shape index (κ3) is 0.803. The number of carbonyl (C=O) groups excluding carboxylic acids is 1. The molecule has 0 aromatic heterocycles. The fraction of sp³-hybridized carbons (Fsp3) is 0.800. The Kier molecular flexibility index (Phi) is 1.33. The van der Waals surface area contributed by atoms with E-state index in [0.717, 1.165) is 5.75 Å². The van der Waals surface area contributed by atoms with Gasteiger partial charge in [0.25, 0.3) is 0 Å². The summed E-state index contributed by atoms with van der Waals surface area (Å²) >= 11 is 1.91. The number of carbonyl (C=O) groups is 1. The van der Waals surface area contributed by atoms with Crippen LogP contribution in [0.2, 0.25) is 0 Å². The molecule has 3 nitrogen and oxygen atoms in total. The van der Waals surface area contributed by atoms with Gasteiger partial charge >= 0.3 is 6.03 Å². The summed E-state index contributed by atoms with van der Waals surface area (Å²) in [4.78, 5) is 10.8. The molecule has 5 heteroatoms. The maximum absolute atomic E-state index is 10.8. The Morgan fingerprint density at radius 3 is 3.10 bits per heavy atom. The Labute approximate surface area is 64.7 Å². The molecular formula is C5H9BN2OS. The Morgan fingerprint density at radius 1 is 1.60 bits per heavy atom. The lowest BCUT2D eigenvalue weighted by Crippen LogP contribution is -2.36. The van der Waals surface area contributed by atoms with Crippen molar-refractivity contribution >= 4 is 25.6 Å². The van der Waals surface area contributed by atoms with E-state index < -0.39 is 0 Å². The highest BCUT2D eigenvalue weighted by molar-refractivity contribution is 8.01. The van der Waals surface area contributed by atoms with E-state index in [1.54, 1.807) is 0 Å². The molecule has 0 spiro atoms. The van der Waals surface area contributed by atoms with Crippen LogP contribution in [0, 0.1) is 0 Å². The number of rotatable bonds is 0. The predicted molar refractivity (Wildman–Crippen MR) is 44.0 cm³/mol. The van der Waals surface area contributed by atoms with Gasteiger partial charge in [0.1, 0.15) is 7.85 Å². The molecule has 2 saturated heterocycles. The fourth-order valence-corrected chi connectivity index (χ4v) is 2.77. The molecule has 2 rings (SSSR count). The van der Waals surface area contributed by atoms with Gasteiger partial charge < -0.3 is 10.6 Å². The van der Waals surface area contributed by atoms with E-state index >= 15 is 0 Å². The molecule has 2 N–H and O–H groups in total. The van der Waals surface area contributed by atoms with Crippen molar-refractivity contribution in [1.82, 2.24) is 10.6 Å². The topological polar surface area (TPSA) is 41.1 Å². The summed E-state index contributed by atoms with van der Waals surface area (Å²) in [6.45, 7) is 0. The Hall–Kier alpha value is -0.315. The van der Waals surface area contributed by atoms with Gasteiger partial charge in [-0.25, -0.2) is 4.79 Å². The minimum absolute atomic E-state index is 0.00199. The van der Waals surface area contributed by atoms with E-state index in [1.807, 2.05) is 11.8 Å². The quantitative estimate of drug-likeness (QED) is 0.339. The lowest BCUT2D eigenvalue weighted by atomic mass is 9.93. The molecule has 2 aliphatic rings. The molecule has 2 fully saturated rings. The van der Waals surface area contributed by atoms with Crippen LogP contribution in [-0.4, -0.2) is 36.9 Å². The highest BCUT2D eigenvalue weighted by Gasteiger charge is 2.40. The van der Waals surface area contributed by atoms with E-state index in [0.29, 0.717) is 17.2 Å². The van der Waals surface area contributed by atoms with Crippen molar-refractivity contribution in [2.45, 2.75) is 17.2 Å². The Morgan fingerprint density at radius 2 is 2.40 bits per heavy atom. The van der Waals surface area contributed by atoms with Crippen molar-refractivity contribution in [3.8, 4) is 0 Å². The molecule has 2 amide bonds. The van der Waals surface area contributed by atoms with E-state index in [-0.39, 0.29) is 6.03 Å². The number of hydrogen-bond acceptors (Lipinski definition) is 2. The fourth-order valence-electron chi connectivity index (χ4n) is 1.50. The Bertz CT molecular complexity index is 177. The molecular weight excluding hydrogens is 147 g/mol. The molecule has 0 aliphatic carbocycles. The zero-order valence-electron chi connectivity index (χ0n) is 5.76. The van der Waals surface area contributed by atoms with Gasteiger partial charge in [-0.15, -0.1) is 0 Å². The molecule has 54 valence electrons. The summed E-state index contributed by atoms with van der Waals surface area (Å²) in [5, 5.41) is 6.34. The van der Waals surface area contributed by atoms with Crippen LogP contribution in [0.15, 0.2) is 0 Å². The van der Waals surface area contributed by atoms with E-state index in [2.05, 4.69) is 18.5 Å². The van der Waals surface area contributed by atoms with Crippen LogP contribution in [0.5, 0.6) is 0 Å². The van der Waals surface area contributed by atoms with Gasteiger partial charge in [-0.1, -0.05) is 0 Å². The van der Waals surface area contributed by atoms with Gasteiger partial charge in [-0.05, 0) is 5.15 Å². The van der Waals surface area contributed by atoms with Crippen molar-refractivity contribution < 1.29 is 4.79 Å². The maximum atomic E-state index is 10.8. The maximum Gasteiger partial charge on any atom is 0.315 e. The SMILES string of the molecule is B[C@@H]1SC[C@@H]2NC(=O)N[C@@H]21. The summed E-state index contributed by atoms with van der Waals surface area (Å²) < 4.78 is 0. The third-order valence-electron chi connectivity index (χ3n) is 2.09. The van der Waals surface area contributed by atoms with Gasteiger partial charge in [0.2, 0.25) is 0 Å². The van der Waals surface area contributed by atoms with Crippen LogP contribution >= 0.6 is 11.8 Å². The molecule has 0 unspecified atom stereocenters. The highest BCUT2D eigenvalue weighted by Crippen LogP contribution is 2.26. The molecule has 0 bridgehead atoms. The van der Waals surface area contributed by atoms with Crippen molar-refractivity contribution in [3.63, 3.8) is 0 Å². The zero-order chi connectivity index (χ0) is 7.14. The van der Waals surface area contributed by atoms with Crippen molar-refractivity contribution in [1.29, 1.82) is 0 Å². The van der Waals surface area contributed by atoms with Crippen molar-refractivity contribution in [2.24, 2.45) is 0 Å². The lowest BCUT2D eigenvalue weighted by Gasteiger charge is -2.09. The summed E-state index contributed by atoms with van der Waals surface area (Å²) in [6, 6.07) is 0.757. The van der Waals surface area contributed by atoms with Crippen molar-refractivity contribution in [3.05, 3.63) is 0 Å². The first-order valence-electron chi connectivity index (χ1n) is 3.46. The lowest BCUT2D eigenvalue weighted by molar-refractivity contribution is 0.247. The highest BCUT2D eigenvalue weighted by atomic mass is 32.2. The Balaban J connectivity index is 2.12. The zero-order valence-corrected chi connectivity index (χ0v) is 6.57. The number of nitrogens with one attached hydrogen (secondary N) is 2. The van der Waals surface area contributed by atoms with Crippen LogP contribution in [0.4, 0.5) is 4.79 Å². The molecule has 0 aromatic rings. The van der Waals surface area contributed by atoms with Gasteiger partial charge in [-0.3, -0.25) is 0 Å². The molecule has 2 heterocycles.